The van der Waals surface area contributed by atoms with Crippen LogP contribution in [0.1, 0.15) is 19.8 Å². The zero-order valence-electron chi connectivity index (χ0n) is 11.1. The van der Waals surface area contributed by atoms with Crippen molar-refractivity contribution in [2.45, 2.75) is 25.8 Å². The van der Waals surface area contributed by atoms with Crippen molar-refractivity contribution in [2.75, 3.05) is 27.9 Å². The third-order valence-electron chi connectivity index (χ3n) is 2.48. The first-order chi connectivity index (χ1) is 8.01. The van der Waals surface area contributed by atoms with Crippen LogP contribution in [0.2, 0.25) is 6.04 Å². The summed E-state index contributed by atoms with van der Waals surface area (Å²) in [6.45, 7) is 5.42. The second-order valence-corrected chi connectivity index (χ2v) is 6.67. The molecule has 0 rings (SSSR count). The van der Waals surface area contributed by atoms with E-state index in [2.05, 4.69) is 6.58 Å². The monoisotopic (exact) mass is 262 g/mol. The van der Waals surface area contributed by atoms with E-state index in [-0.39, 0.29) is 11.5 Å². The molecular formula is C11H22O5Si. The van der Waals surface area contributed by atoms with Gasteiger partial charge < -0.3 is 18.0 Å². The maximum absolute atomic E-state index is 10.8. The number of carbonyl (C=O) groups is 1. The highest BCUT2D eigenvalue weighted by Gasteiger charge is 2.36. The van der Waals surface area contributed by atoms with Crippen molar-refractivity contribution in [3.63, 3.8) is 0 Å². The predicted molar refractivity (Wildman–Crippen MR) is 66.6 cm³/mol. The molecule has 0 aromatic rings. The topological polar surface area (TPSA) is 54.0 Å². The third-order valence-corrected chi connectivity index (χ3v) is 5.31. The first-order valence-corrected chi connectivity index (χ1v) is 7.42. The van der Waals surface area contributed by atoms with Crippen LogP contribution in [-0.2, 0) is 22.8 Å². The van der Waals surface area contributed by atoms with Crippen LogP contribution in [0.3, 0.4) is 0 Å². The molecule has 0 saturated heterocycles. The van der Waals surface area contributed by atoms with Crippen LogP contribution >= 0.6 is 0 Å². The van der Waals surface area contributed by atoms with E-state index in [1.807, 2.05) is 0 Å². The molecule has 100 valence electrons. The molecule has 0 fully saturated rings. The Morgan fingerprint density at radius 1 is 1.12 bits per heavy atom. The highest BCUT2D eigenvalue weighted by Crippen LogP contribution is 2.16. The van der Waals surface area contributed by atoms with Gasteiger partial charge in [0.25, 0.3) is 0 Å². The standard InChI is InChI=1S/C11H22O5Si/c1-10(12)11(2)16-8-6-7-9-17(13-3,14-4)15-5/h2,6-9H2,1,3-5H3. The molecular weight excluding hydrogens is 240 g/mol. The van der Waals surface area contributed by atoms with Crippen LogP contribution in [0.25, 0.3) is 0 Å². The minimum Gasteiger partial charge on any atom is -0.491 e. The molecule has 17 heavy (non-hydrogen) atoms. The molecule has 0 radical (unpaired) electrons. The maximum Gasteiger partial charge on any atom is 0.500 e. The van der Waals surface area contributed by atoms with Crippen molar-refractivity contribution >= 4 is 14.6 Å². The second-order valence-electron chi connectivity index (χ2n) is 3.58. The molecule has 6 heteroatoms. The van der Waals surface area contributed by atoms with Gasteiger partial charge in [0.15, 0.2) is 11.5 Å². The Morgan fingerprint density at radius 2 is 1.65 bits per heavy atom. The average Bonchev–Trinajstić information content (AvgIpc) is 2.34. The summed E-state index contributed by atoms with van der Waals surface area (Å²) in [5.41, 5.74) is 0. The zero-order valence-corrected chi connectivity index (χ0v) is 12.1. The molecule has 0 bridgehead atoms. The van der Waals surface area contributed by atoms with Gasteiger partial charge in [-0.3, -0.25) is 4.79 Å². The molecule has 0 spiro atoms. The minimum atomic E-state index is -2.46. The Morgan fingerprint density at radius 3 is 2.06 bits per heavy atom. The third kappa shape index (κ3) is 5.97. The molecule has 0 N–H and O–H groups in total. The van der Waals surface area contributed by atoms with Crippen LogP contribution in [-0.4, -0.2) is 42.5 Å². The summed E-state index contributed by atoms with van der Waals surface area (Å²) in [5.74, 6) is 0.0677. The van der Waals surface area contributed by atoms with E-state index in [9.17, 15) is 4.79 Å². The van der Waals surface area contributed by atoms with E-state index in [0.717, 1.165) is 18.9 Å². The summed E-state index contributed by atoms with van der Waals surface area (Å²) in [5, 5.41) is 0. The molecule has 0 aromatic heterocycles. The number of ketones is 1. The van der Waals surface area contributed by atoms with Gasteiger partial charge >= 0.3 is 8.80 Å². The van der Waals surface area contributed by atoms with Gasteiger partial charge in [0.2, 0.25) is 0 Å². The van der Waals surface area contributed by atoms with Crippen molar-refractivity contribution in [1.29, 1.82) is 0 Å². The lowest BCUT2D eigenvalue weighted by Gasteiger charge is -2.24. The Bertz CT molecular complexity index is 242. The number of ether oxygens (including phenoxy) is 1. The fraction of sp³-hybridized carbons (Fsp3) is 0.727. The molecule has 0 aromatic carbocycles. The van der Waals surface area contributed by atoms with Crippen LogP contribution < -0.4 is 0 Å². The van der Waals surface area contributed by atoms with Crippen molar-refractivity contribution in [3.05, 3.63) is 12.3 Å². The fourth-order valence-electron chi connectivity index (χ4n) is 1.30. The molecule has 0 heterocycles. The molecule has 5 nitrogen and oxygen atoms in total. The van der Waals surface area contributed by atoms with Crippen molar-refractivity contribution in [3.8, 4) is 0 Å². The SMILES string of the molecule is C=C(OCCCC[Si](OC)(OC)OC)C(C)=O. The number of unbranched alkanes of at least 4 members (excludes halogenated alkanes) is 1. The quantitative estimate of drug-likeness (QED) is 0.260. The fourth-order valence-corrected chi connectivity index (χ4v) is 3.09. The normalized spacial score (nSPS) is 11.3. The Balaban J connectivity index is 3.76. The van der Waals surface area contributed by atoms with Crippen LogP contribution in [0.15, 0.2) is 12.3 Å². The molecule has 0 aliphatic heterocycles. The van der Waals surface area contributed by atoms with Gasteiger partial charge in [-0.05, 0) is 12.8 Å². The van der Waals surface area contributed by atoms with Crippen molar-refractivity contribution in [2.24, 2.45) is 0 Å². The number of hydrogen-bond acceptors (Lipinski definition) is 5. The van der Waals surface area contributed by atoms with Gasteiger partial charge in [-0.1, -0.05) is 6.58 Å². The first kappa shape index (κ1) is 16.3. The highest BCUT2D eigenvalue weighted by molar-refractivity contribution is 6.60. The van der Waals surface area contributed by atoms with Crippen LogP contribution in [0, 0.1) is 0 Å². The zero-order chi connectivity index (χ0) is 13.3. The van der Waals surface area contributed by atoms with Gasteiger partial charge in [-0.2, -0.15) is 0 Å². The van der Waals surface area contributed by atoms with E-state index < -0.39 is 8.80 Å². The molecule has 0 atom stereocenters. The molecule has 0 saturated carbocycles. The lowest BCUT2D eigenvalue weighted by molar-refractivity contribution is -0.116. The van der Waals surface area contributed by atoms with E-state index >= 15 is 0 Å². The highest BCUT2D eigenvalue weighted by atomic mass is 28.4. The summed E-state index contributed by atoms with van der Waals surface area (Å²) in [4.78, 5) is 10.8. The van der Waals surface area contributed by atoms with E-state index in [1.165, 1.54) is 6.92 Å². The predicted octanol–water partition coefficient (Wildman–Crippen LogP) is 1.76. The van der Waals surface area contributed by atoms with E-state index in [0.29, 0.717) is 6.61 Å². The lowest BCUT2D eigenvalue weighted by atomic mass is 10.3. The van der Waals surface area contributed by atoms with Crippen LogP contribution in [0.5, 0.6) is 0 Å². The molecule has 0 aliphatic carbocycles. The lowest BCUT2D eigenvalue weighted by Crippen LogP contribution is -2.42. The summed E-state index contributed by atoms with van der Waals surface area (Å²) >= 11 is 0. The molecule has 0 amide bonds. The minimum absolute atomic E-state index is 0.139. The van der Waals surface area contributed by atoms with Gasteiger partial charge in [0.1, 0.15) is 0 Å². The van der Waals surface area contributed by atoms with E-state index in [1.54, 1.807) is 21.3 Å². The number of rotatable bonds is 10. The van der Waals surface area contributed by atoms with Gasteiger partial charge in [0.05, 0.1) is 6.61 Å². The summed E-state index contributed by atoms with van der Waals surface area (Å²) in [7, 11) is 2.31. The summed E-state index contributed by atoms with van der Waals surface area (Å²) < 4.78 is 21.0. The van der Waals surface area contributed by atoms with Gasteiger partial charge in [-0.25, -0.2) is 0 Å². The average molecular weight is 262 g/mol. The summed E-state index contributed by atoms with van der Waals surface area (Å²) in [6, 6.07) is 0.729. The number of Topliss-reactive ketones (excluding diaryl/α,β-unsaturated/α-hetero) is 1. The summed E-state index contributed by atoms with van der Waals surface area (Å²) in [6.07, 6.45) is 1.66. The van der Waals surface area contributed by atoms with Gasteiger partial charge in [0, 0.05) is 34.3 Å². The number of carbonyl (C=O) groups excluding carboxylic acids is 1. The number of allylic oxidation sites excluding steroid dienone is 1. The van der Waals surface area contributed by atoms with Crippen LogP contribution in [0.4, 0.5) is 0 Å². The number of hydrogen-bond donors (Lipinski definition) is 0. The van der Waals surface area contributed by atoms with Gasteiger partial charge in [-0.15, -0.1) is 0 Å². The Labute approximate surface area is 104 Å². The van der Waals surface area contributed by atoms with Crippen molar-refractivity contribution < 1.29 is 22.8 Å². The maximum atomic E-state index is 10.8. The molecule has 0 aliphatic rings. The molecule has 0 unspecified atom stereocenters. The first-order valence-electron chi connectivity index (χ1n) is 5.49. The smallest absolute Gasteiger partial charge is 0.491 e. The van der Waals surface area contributed by atoms with Crippen molar-refractivity contribution in [1.82, 2.24) is 0 Å². The largest absolute Gasteiger partial charge is 0.500 e. The Kier molecular flexibility index (Phi) is 8.06. The second kappa shape index (κ2) is 8.41. The Hall–Kier alpha value is -0.693. The van der Waals surface area contributed by atoms with E-state index in [4.69, 9.17) is 18.0 Å².